The third-order valence-electron chi connectivity index (χ3n) is 3.46. The zero-order valence-corrected chi connectivity index (χ0v) is 14.0. The summed E-state index contributed by atoms with van der Waals surface area (Å²) in [4.78, 5) is 25.4. The Morgan fingerprint density at radius 2 is 1.74 bits per heavy atom. The average molecular weight is 323 g/mol. The van der Waals surface area contributed by atoms with E-state index < -0.39 is 0 Å². The third kappa shape index (κ3) is 7.15. The SMILES string of the molecule is COCCCN(CCC(=O)OC)C(=O)Cc1ccc(OC)cc1. The molecule has 0 fully saturated rings. The summed E-state index contributed by atoms with van der Waals surface area (Å²) in [6.07, 6.45) is 1.21. The maximum Gasteiger partial charge on any atom is 0.307 e. The van der Waals surface area contributed by atoms with E-state index in [9.17, 15) is 9.59 Å². The van der Waals surface area contributed by atoms with E-state index in [1.54, 1.807) is 19.1 Å². The minimum absolute atomic E-state index is 0.0184. The highest BCUT2D eigenvalue weighted by Crippen LogP contribution is 2.12. The molecule has 128 valence electrons. The number of nitrogens with zero attached hydrogens (tertiary/aromatic N) is 1. The van der Waals surface area contributed by atoms with Gasteiger partial charge in [0.05, 0.1) is 27.1 Å². The number of hydrogen-bond acceptors (Lipinski definition) is 5. The number of carbonyl (C=O) groups excluding carboxylic acids is 2. The van der Waals surface area contributed by atoms with Crippen LogP contribution in [-0.4, -0.2) is 57.8 Å². The van der Waals surface area contributed by atoms with Crippen molar-refractivity contribution >= 4 is 11.9 Å². The Balaban J connectivity index is 2.62. The first kappa shape index (κ1) is 19.0. The van der Waals surface area contributed by atoms with Crippen molar-refractivity contribution in [1.29, 1.82) is 0 Å². The molecule has 1 aromatic rings. The van der Waals surface area contributed by atoms with Gasteiger partial charge in [-0.1, -0.05) is 12.1 Å². The number of carbonyl (C=O) groups is 2. The zero-order valence-electron chi connectivity index (χ0n) is 14.0. The predicted molar refractivity (Wildman–Crippen MR) is 86.4 cm³/mol. The molecule has 0 aliphatic rings. The Kier molecular flexibility index (Phi) is 8.75. The molecule has 1 amide bonds. The Labute approximate surface area is 137 Å². The molecule has 0 radical (unpaired) electrons. The van der Waals surface area contributed by atoms with Crippen molar-refractivity contribution in [2.24, 2.45) is 0 Å². The molecular formula is C17H25NO5. The smallest absolute Gasteiger partial charge is 0.307 e. The molecule has 1 rings (SSSR count). The molecule has 6 heteroatoms. The Morgan fingerprint density at radius 3 is 2.30 bits per heavy atom. The van der Waals surface area contributed by atoms with Gasteiger partial charge in [-0.25, -0.2) is 0 Å². The maximum atomic E-state index is 12.5. The molecule has 0 heterocycles. The van der Waals surface area contributed by atoms with Gasteiger partial charge in [-0.05, 0) is 24.1 Å². The van der Waals surface area contributed by atoms with E-state index in [4.69, 9.17) is 9.47 Å². The first-order chi connectivity index (χ1) is 11.1. The normalized spacial score (nSPS) is 10.2. The Hall–Kier alpha value is -2.08. The number of esters is 1. The van der Waals surface area contributed by atoms with Gasteiger partial charge in [0, 0.05) is 26.8 Å². The molecule has 0 saturated carbocycles. The Morgan fingerprint density at radius 1 is 1.04 bits per heavy atom. The summed E-state index contributed by atoms with van der Waals surface area (Å²) in [6.45, 7) is 1.48. The number of rotatable bonds is 10. The van der Waals surface area contributed by atoms with Crippen molar-refractivity contribution in [1.82, 2.24) is 4.90 Å². The van der Waals surface area contributed by atoms with Gasteiger partial charge < -0.3 is 19.1 Å². The molecule has 0 spiro atoms. The van der Waals surface area contributed by atoms with Gasteiger partial charge in [-0.2, -0.15) is 0 Å². The third-order valence-corrected chi connectivity index (χ3v) is 3.46. The summed E-state index contributed by atoms with van der Waals surface area (Å²) in [6, 6.07) is 7.38. The lowest BCUT2D eigenvalue weighted by molar-refractivity contribution is -0.141. The van der Waals surface area contributed by atoms with Crippen LogP contribution in [0.5, 0.6) is 5.75 Å². The van der Waals surface area contributed by atoms with Gasteiger partial charge in [0.1, 0.15) is 5.75 Å². The van der Waals surface area contributed by atoms with E-state index >= 15 is 0 Å². The molecule has 0 aromatic heterocycles. The quantitative estimate of drug-likeness (QED) is 0.484. The molecule has 0 N–H and O–H groups in total. The first-order valence-corrected chi connectivity index (χ1v) is 7.57. The van der Waals surface area contributed by atoms with Crippen LogP contribution in [-0.2, 0) is 25.5 Å². The summed E-state index contributed by atoms with van der Waals surface area (Å²) >= 11 is 0. The van der Waals surface area contributed by atoms with Crippen molar-refractivity contribution in [2.45, 2.75) is 19.3 Å². The standard InChI is InChI=1S/C17H25NO5/c1-21-12-4-10-18(11-9-17(20)23-3)16(19)13-14-5-7-15(22-2)8-6-14/h5-8H,4,9-13H2,1-3H3. The topological polar surface area (TPSA) is 65.1 Å². The molecular weight excluding hydrogens is 298 g/mol. The summed E-state index contributed by atoms with van der Waals surface area (Å²) in [5, 5.41) is 0. The largest absolute Gasteiger partial charge is 0.497 e. The molecule has 23 heavy (non-hydrogen) atoms. The van der Waals surface area contributed by atoms with Crippen LogP contribution in [0.25, 0.3) is 0 Å². The van der Waals surface area contributed by atoms with Crippen LogP contribution in [0.3, 0.4) is 0 Å². The molecule has 1 aromatic carbocycles. The van der Waals surface area contributed by atoms with Crippen LogP contribution in [0, 0.1) is 0 Å². The second-order valence-electron chi connectivity index (χ2n) is 5.08. The fraction of sp³-hybridized carbons (Fsp3) is 0.529. The van der Waals surface area contributed by atoms with Gasteiger partial charge in [0.2, 0.25) is 5.91 Å². The fourth-order valence-corrected chi connectivity index (χ4v) is 2.12. The van der Waals surface area contributed by atoms with Crippen molar-refractivity contribution in [3.8, 4) is 5.75 Å². The van der Waals surface area contributed by atoms with Crippen LogP contribution in [0.2, 0.25) is 0 Å². The summed E-state index contributed by atoms with van der Waals surface area (Å²) in [5.41, 5.74) is 0.908. The van der Waals surface area contributed by atoms with E-state index in [1.165, 1.54) is 7.11 Å². The van der Waals surface area contributed by atoms with Gasteiger partial charge >= 0.3 is 5.97 Å². The number of ether oxygens (including phenoxy) is 3. The second-order valence-corrected chi connectivity index (χ2v) is 5.08. The van der Waals surface area contributed by atoms with E-state index in [0.717, 1.165) is 17.7 Å². The van der Waals surface area contributed by atoms with E-state index in [-0.39, 0.29) is 24.7 Å². The van der Waals surface area contributed by atoms with Crippen LogP contribution >= 0.6 is 0 Å². The van der Waals surface area contributed by atoms with Gasteiger partial charge in [0.25, 0.3) is 0 Å². The van der Waals surface area contributed by atoms with Crippen LogP contribution < -0.4 is 4.74 Å². The highest BCUT2D eigenvalue weighted by Gasteiger charge is 2.15. The number of amides is 1. The van der Waals surface area contributed by atoms with E-state index in [2.05, 4.69) is 4.74 Å². The highest BCUT2D eigenvalue weighted by atomic mass is 16.5. The number of methoxy groups -OCH3 is 3. The van der Waals surface area contributed by atoms with Crippen LogP contribution in [0.4, 0.5) is 0 Å². The van der Waals surface area contributed by atoms with Crippen molar-refractivity contribution in [3.63, 3.8) is 0 Å². The monoisotopic (exact) mass is 323 g/mol. The Bertz CT molecular complexity index is 486. The zero-order chi connectivity index (χ0) is 17.1. The lowest BCUT2D eigenvalue weighted by Gasteiger charge is -2.22. The molecule has 0 atom stereocenters. The fourth-order valence-electron chi connectivity index (χ4n) is 2.12. The van der Waals surface area contributed by atoms with Crippen molar-refractivity contribution in [3.05, 3.63) is 29.8 Å². The van der Waals surface area contributed by atoms with Crippen molar-refractivity contribution < 1.29 is 23.8 Å². The highest BCUT2D eigenvalue weighted by molar-refractivity contribution is 5.79. The molecule has 0 saturated heterocycles. The summed E-state index contributed by atoms with van der Waals surface area (Å²) in [5.74, 6) is 0.415. The predicted octanol–water partition coefficient (Wildman–Crippen LogP) is 1.67. The maximum absolute atomic E-state index is 12.5. The number of benzene rings is 1. The lowest BCUT2D eigenvalue weighted by Crippen LogP contribution is -2.35. The molecule has 0 unspecified atom stereocenters. The van der Waals surface area contributed by atoms with Crippen molar-refractivity contribution in [2.75, 3.05) is 41.0 Å². The molecule has 0 aliphatic carbocycles. The first-order valence-electron chi connectivity index (χ1n) is 7.57. The summed E-state index contributed by atoms with van der Waals surface area (Å²) in [7, 11) is 4.57. The lowest BCUT2D eigenvalue weighted by atomic mass is 10.1. The van der Waals surface area contributed by atoms with Crippen LogP contribution in [0.1, 0.15) is 18.4 Å². The van der Waals surface area contributed by atoms with E-state index in [1.807, 2.05) is 24.3 Å². The number of hydrogen-bond donors (Lipinski definition) is 0. The summed E-state index contributed by atoms with van der Waals surface area (Å²) < 4.78 is 14.8. The van der Waals surface area contributed by atoms with Gasteiger partial charge in [-0.15, -0.1) is 0 Å². The van der Waals surface area contributed by atoms with Gasteiger partial charge in [0.15, 0.2) is 0 Å². The molecule has 0 bridgehead atoms. The van der Waals surface area contributed by atoms with E-state index in [0.29, 0.717) is 19.7 Å². The minimum Gasteiger partial charge on any atom is -0.497 e. The van der Waals surface area contributed by atoms with Crippen LogP contribution in [0.15, 0.2) is 24.3 Å². The average Bonchev–Trinajstić information content (AvgIpc) is 2.58. The minimum atomic E-state index is -0.320. The van der Waals surface area contributed by atoms with Gasteiger partial charge in [-0.3, -0.25) is 9.59 Å². The molecule has 0 aliphatic heterocycles. The second kappa shape index (κ2) is 10.6. The molecule has 6 nitrogen and oxygen atoms in total.